The van der Waals surface area contributed by atoms with Crippen molar-refractivity contribution in [1.82, 2.24) is 20.5 Å². The summed E-state index contributed by atoms with van der Waals surface area (Å²) in [4.78, 5) is 43.8. The summed E-state index contributed by atoms with van der Waals surface area (Å²) < 4.78 is 17.9. The SMILES string of the molecule is COc1cc(CNC[C@H](O)c2ccc(O)c3[nH]c(=O)ccc23)ccc1NC(=O)NCc1ccc(COc2cccc(C(O)([SiH2]c3ccccc3)C(=O)OC3CCN(Cc4ccccc4)CC3)c2)cc1. The first kappa shape index (κ1) is 48.2. The standard InChI is InChI=1S/C54H57N5O9Si/c1-66-49-29-39(31-55-33-48(61)44-20-23-47(60)51-45(44)21-24-50(62)58-51)19-22-46(49)57-53(64)56-32-36-15-17-38(18-16-36)35-67-42-12-8-11-40(30-42)54(65,69-43-13-6-3-7-14-43)52(63)68-41-25-27-59(28-26-41)34-37-9-4-2-5-10-37/h2-24,29-30,41,48,55,60-61,65H,25-28,31-35,69H2,1H3,(H,58,62)(H2,56,57,64)/t48-,54?/m0/s1. The molecule has 1 fully saturated rings. The number of rotatable bonds is 19. The van der Waals surface area contributed by atoms with Gasteiger partial charge in [0.05, 0.1) is 24.4 Å². The highest BCUT2D eigenvalue weighted by atomic mass is 28.2. The van der Waals surface area contributed by atoms with E-state index in [1.54, 1.807) is 48.5 Å². The number of nitrogens with zero attached hydrogens (tertiary/aromatic N) is 1. The lowest BCUT2D eigenvalue weighted by Gasteiger charge is -2.34. The van der Waals surface area contributed by atoms with Crippen LogP contribution < -0.4 is 36.2 Å². The maximum Gasteiger partial charge on any atom is 0.339 e. The number of H-pyrrole nitrogens is 1. The van der Waals surface area contributed by atoms with Crippen molar-refractivity contribution in [3.05, 3.63) is 195 Å². The number of aliphatic hydroxyl groups excluding tert-OH is 1. The van der Waals surface area contributed by atoms with Crippen LogP contribution in [-0.4, -0.2) is 79.6 Å². The molecular formula is C54H57N5O9Si. The molecule has 7 aromatic rings. The lowest BCUT2D eigenvalue weighted by Crippen LogP contribution is -2.49. The van der Waals surface area contributed by atoms with Gasteiger partial charge in [0.1, 0.15) is 39.5 Å². The van der Waals surface area contributed by atoms with Crippen LogP contribution in [0.3, 0.4) is 0 Å². The number of phenolic OH excluding ortho intramolecular Hbond substituents is 1. The number of piperidine rings is 1. The Bertz CT molecular complexity index is 2900. The van der Waals surface area contributed by atoms with E-state index in [1.165, 1.54) is 24.8 Å². The van der Waals surface area contributed by atoms with Crippen LogP contribution in [0.15, 0.2) is 156 Å². The first-order valence-corrected chi connectivity index (χ1v) is 24.4. The highest BCUT2D eigenvalue weighted by Gasteiger charge is 2.42. The van der Waals surface area contributed by atoms with Gasteiger partial charge < -0.3 is 50.5 Å². The van der Waals surface area contributed by atoms with Crippen molar-refractivity contribution in [2.75, 3.05) is 32.1 Å². The van der Waals surface area contributed by atoms with Crippen LogP contribution in [0.25, 0.3) is 10.9 Å². The minimum atomic E-state index is -1.81. The molecule has 0 spiro atoms. The van der Waals surface area contributed by atoms with Crippen molar-refractivity contribution in [1.29, 1.82) is 0 Å². The van der Waals surface area contributed by atoms with E-state index in [2.05, 4.69) is 38.0 Å². The molecule has 0 aliphatic carbocycles. The van der Waals surface area contributed by atoms with Crippen LogP contribution in [0.4, 0.5) is 10.5 Å². The monoisotopic (exact) mass is 947 g/mol. The first-order valence-electron chi connectivity index (χ1n) is 23.0. The number of nitrogens with one attached hydrogen (secondary N) is 4. The number of benzene rings is 6. The zero-order chi connectivity index (χ0) is 48.2. The van der Waals surface area contributed by atoms with Crippen LogP contribution in [0.5, 0.6) is 17.2 Å². The van der Waals surface area contributed by atoms with Gasteiger partial charge in [-0.25, -0.2) is 9.59 Å². The van der Waals surface area contributed by atoms with Gasteiger partial charge in [-0.15, -0.1) is 0 Å². The molecule has 1 aliphatic rings. The highest BCUT2D eigenvalue weighted by Crippen LogP contribution is 2.31. The predicted molar refractivity (Wildman–Crippen MR) is 268 cm³/mol. The Labute approximate surface area is 402 Å². The normalized spacial score (nSPS) is 14.5. The van der Waals surface area contributed by atoms with Gasteiger partial charge >= 0.3 is 12.0 Å². The third-order valence-corrected chi connectivity index (χ3v) is 14.4. The third-order valence-electron chi connectivity index (χ3n) is 12.3. The van der Waals surface area contributed by atoms with Crippen molar-refractivity contribution >= 4 is 43.3 Å². The second kappa shape index (κ2) is 22.7. The second-order valence-corrected chi connectivity index (χ2v) is 19.5. The largest absolute Gasteiger partial charge is 0.506 e. The summed E-state index contributed by atoms with van der Waals surface area (Å²) in [5.41, 5.74) is 5.28. The van der Waals surface area contributed by atoms with Gasteiger partial charge in [0.25, 0.3) is 0 Å². The van der Waals surface area contributed by atoms with E-state index in [0.29, 0.717) is 53.1 Å². The topological polar surface area (TPSA) is 195 Å². The van der Waals surface area contributed by atoms with Crippen LogP contribution in [0.1, 0.15) is 52.3 Å². The second-order valence-electron chi connectivity index (χ2n) is 17.3. The zero-order valence-corrected chi connectivity index (χ0v) is 39.8. The van der Waals surface area contributed by atoms with E-state index in [4.69, 9.17) is 14.2 Å². The molecule has 356 valence electrons. The first-order chi connectivity index (χ1) is 33.5. The average molecular weight is 948 g/mol. The number of aliphatic hydroxyl groups is 2. The number of carbonyl (C=O) groups is 2. The number of likely N-dealkylation sites (tertiary alicyclic amines) is 1. The molecule has 7 N–H and O–H groups in total. The Balaban J connectivity index is 0.811. The highest BCUT2D eigenvalue weighted by molar-refractivity contribution is 6.60. The van der Waals surface area contributed by atoms with E-state index in [0.717, 1.165) is 41.5 Å². The van der Waals surface area contributed by atoms with Crippen LogP contribution in [-0.2, 0) is 41.0 Å². The number of carbonyl (C=O) groups excluding carboxylic acids is 2. The van der Waals surface area contributed by atoms with Crippen molar-refractivity contribution in [3.63, 3.8) is 0 Å². The average Bonchev–Trinajstić information content (AvgIpc) is 3.37. The van der Waals surface area contributed by atoms with Gasteiger partial charge in [0.2, 0.25) is 5.56 Å². The Morgan fingerprint density at radius 2 is 1.54 bits per heavy atom. The van der Waals surface area contributed by atoms with Gasteiger partial charge in [-0.1, -0.05) is 114 Å². The summed E-state index contributed by atoms with van der Waals surface area (Å²) in [5, 5.41) is 42.0. The maximum absolute atomic E-state index is 14.0. The number of hydrogen-bond acceptors (Lipinski definition) is 11. The molecule has 1 aliphatic heterocycles. The molecule has 1 unspecified atom stereocenters. The number of urea groups is 1. The van der Waals surface area contributed by atoms with Crippen LogP contribution in [0.2, 0.25) is 0 Å². The van der Waals surface area contributed by atoms with Crippen LogP contribution in [0, 0.1) is 0 Å². The zero-order valence-electron chi connectivity index (χ0n) is 38.4. The molecule has 2 amide bonds. The number of esters is 1. The minimum Gasteiger partial charge on any atom is -0.506 e. The lowest BCUT2D eigenvalue weighted by molar-refractivity contribution is -0.166. The molecule has 69 heavy (non-hydrogen) atoms. The fraction of sp³-hybridized carbons (Fsp3) is 0.241. The summed E-state index contributed by atoms with van der Waals surface area (Å²) in [7, 11) is -0.103. The van der Waals surface area contributed by atoms with E-state index < -0.39 is 32.8 Å². The number of aromatic hydroxyl groups is 1. The summed E-state index contributed by atoms with van der Waals surface area (Å²) in [5.74, 6) is 0.278. The fourth-order valence-corrected chi connectivity index (χ4v) is 10.3. The molecule has 0 bridgehead atoms. The molecule has 2 heterocycles. The Hall–Kier alpha value is -7.27. The van der Waals surface area contributed by atoms with E-state index >= 15 is 0 Å². The lowest BCUT2D eigenvalue weighted by atomic mass is 10.0. The predicted octanol–water partition coefficient (Wildman–Crippen LogP) is 5.81. The van der Waals surface area contributed by atoms with Gasteiger partial charge in [0, 0.05) is 50.7 Å². The number of phenols is 1. The van der Waals surface area contributed by atoms with Crippen LogP contribution >= 0.6 is 0 Å². The maximum atomic E-state index is 14.0. The number of pyridine rings is 1. The summed E-state index contributed by atoms with van der Waals surface area (Å²) in [6.07, 6.45) is 0.198. The number of methoxy groups -OCH3 is 1. The molecule has 0 radical (unpaired) electrons. The number of anilines is 1. The van der Waals surface area contributed by atoms with Gasteiger partial charge in [-0.05, 0) is 82.6 Å². The fourth-order valence-electron chi connectivity index (χ4n) is 8.53. The Morgan fingerprint density at radius 1 is 0.812 bits per heavy atom. The molecule has 8 rings (SSSR count). The van der Waals surface area contributed by atoms with E-state index in [-0.39, 0.29) is 42.6 Å². The molecule has 15 heteroatoms. The summed E-state index contributed by atoms with van der Waals surface area (Å²) in [6.45, 7) is 3.55. The Kier molecular flexibility index (Phi) is 15.8. The molecule has 6 aromatic carbocycles. The van der Waals surface area contributed by atoms with Crippen molar-refractivity contribution < 1.29 is 39.1 Å². The number of aromatic nitrogens is 1. The number of amides is 2. The number of aromatic amines is 1. The van der Waals surface area contributed by atoms with E-state index in [1.807, 2.05) is 78.9 Å². The molecule has 1 saturated heterocycles. The number of ether oxygens (including phenoxy) is 3. The molecule has 1 aromatic heterocycles. The van der Waals surface area contributed by atoms with Crippen molar-refractivity contribution in [2.24, 2.45) is 0 Å². The summed E-state index contributed by atoms with van der Waals surface area (Å²) in [6, 6.07) is 45.7. The minimum absolute atomic E-state index is 0.0750. The molecular weight excluding hydrogens is 891 g/mol. The van der Waals surface area contributed by atoms with Gasteiger partial charge in [-0.2, -0.15) is 0 Å². The smallest absolute Gasteiger partial charge is 0.339 e. The van der Waals surface area contributed by atoms with Gasteiger partial charge in [0.15, 0.2) is 5.22 Å². The molecule has 14 nitrogen and oxygen atoms in total. The Morgan fingerprint density at radius 3 is 2.29 bits per heavy atom. The van der Waals surface area contributed by atoms with Gasteiger partial charge in [-0.3, -0.25) is 9.69 Å². The van der Waals surface area contributed by atoms with Crippen molar-refractivity contribution in [2.45, 2.75) is 56.5 Å². The quantitative estimate of drug-likeness (QED) is 0.0382. The number of fused-ring (bicyclic) bond motifs is 1. The van der Waals surface area contributed by atoms with E-state index in [9.17, 15) is 29.7 Å². The van der Waals surface area contributed by atoms with Crippen molar-refractivity contribution in [3.8, 4) is 17.2 Å². The number of hydrogen-bond donors (Lipinski definition) is 7. The third kappa shape index (κ3) is 12.6. The molecule has 2 atom stereocenters. The molecule has 0 saturated carbocycles. The summed E-state index contributed by atoms with van der Waals surface area (Å²) >= 11 is 0.